The minimum atomic E-state index is -0.717. The van der Waals surface area contributed by atoms with Gasteiger partial charge in [-0.3, -0.25) is 0 Å². The lowest BCUT2D eigenvalue weighted by atomic mass is 10.0. The summed E-state index contributed by atoms with van der Waals surface area (Å²) >= 11 is 0. The molecule has 0 bridgehead atoms. The van der Waals surface area contributed by atoms with Crippen molar-refractivity contribution in [1.29, 1.82) is 0 Å². The Bertz CT molecular complexity index is 416. The molecule has 0 saturated heterocycles. The number of nitrogens with one attached hydrogen (secondary N) is 1. The van der Waals surface area contributed by atoms with Crippen LogP contribution in [0.15, 0.2) is 29.4 Å². The van der Waals surface area contributed by atoms with Crippen molar-refractivity contribution in [2.24, 2.45) is 10.9 Å². The molecule has 1 aromatic carbocycles. The lowest BCUT2D eigenvalue weighted by molar-refractivity contribution is 0.0555. The highest BCUT2D eigenvalue weighted by atomic mass is 16.4. The summed E-state index contributed by atoms with van der Waals surface area (Å²) < 4.78 is 0. The number of nitrogens with zero attached hydrogens (tertiary/aromatic N) is 1. The SMILES string of the molecule is CCC(C)(O)CNCc1ccccc1C(N)=NO. The molecule has 0 aromatic heterocycles. The van der Waals surface area contributed by atoms with Gasteiger partial charge in [0.05, 0.1) is 5.60 Å². The topological polar surface area (TPSA) is 90.9 Å². The van der Waals surface area contributed by atoms with Gasteiger partial charge in [0.15, 0.2) is 5.84 Å². The van der Waals surface area contributed by atoms with E-state index >= 15 is 0 Å². The molecule has 1 rings (SSSR count). The molecule has 1 atom stereocenters. The molecule has 5 heteroatoms. The van der Waals surface area contributed by atoms with Crippen LogP contribution in [0, 0.1) is 0 Å². The molecule has 0 radical (unpaired) electrons. The molecule has 100 valence electrons. The van der Waals surface area contributed by atoms with E-state index in [1.165, 1.54) is 0 Å². The molecule has 18 heavy (non-hydrogen) atoms. The first kappa shape index (κ1) is 14.5. The summed E-state index contributed by atoms with van der Waals surface area (Å²) in [5.74, 6) is 0.0923. The van der Waals surface area contributed by atoms with Crippen molar-refractivity contribution in [2.45, 2.75) is 32.4 Å². The van der Waals surface area contributed by atoms with Crippen LogP contribution >= 0.6 is 0 Å². The summed E-state index contributed by atoms with van der Waals surface area (Å²) in [6.07, 6.45) is 0.682. The molecule has 1 aromatic rings. The molecule has 0 aliphatic carbocycles. The van der Waals surface area contributed by atoms with Gasteiger partial charge in [0.1, 0.15) is 0 Å². The van der Waals surface area contributed by atoms with E-state index in [9.17, 15) is 5.11 Å². The zero-order chi connectivity index (χ0) is 13.6. The second-order valence-corrected chi connectivity index (χ2v) is 4.60. The Balaban J connectivity index is 2.68. The zero-order valence-electron chi connectivity index (χ0n) is 10.8. The van der Waals surface area contributed by atoms with Gasteiger partial charge in [-0.25, -0.2) is 0 Å². The number of nitrogens with two attached hydrogens (primary N) is 1. The average molecular weight is 251 g/mol. The van der Waals surface area contributed by atoms with Crippen LogP contribution in [0.1, 0.15) is 31.4 Å². The standard InChI is InChI=1S/C13H21N3O2/c1-3-13(2,17)9-15-8-10-6-4-5-7-11(10)12(14)16-18/h4-7,15,17-18H,3,8-9H2,1-2H3,(H2,14,16). The number of aliphatic hydroxyl groups is 1. The van der Waals surface area contributed by atoms with Crippen LogP contribution < -0.4 is 11.1 Å². The quantitative estimate of drug-likeness (QED) is 0.263. The zero-order valence-corrected chi connectivity index (χ0v) is 10.8. The number of rotatable bonds is 6. The Labute approximate surface area is 107 Å². The molecule has 5 nitrogen and oxygen atoms in total. The molecule has 0 fully saturated rings. The summed E-state index contributed by atoms with van der Waals surface area (Å²) in [5.41, 5.74) is 6.51. The highest BCUT2D eigenvalue weighted by Crippen LogP contribution is 2.10. The number of hydrogen-bond donors (Lipinski definition) is 4. The van der Waals surface area contributed by atoms with Crippen molar-refractivity contribution in [1.82, 2.24) is 5.32 Å². The van der Waals surface area contributed by atoms with E-state index in [-0.39, 0.29) is 5.84 Å². The number of hydrogen-bond acceptors (Lipinski definition) is 4. The molecule has 1 unspecified atom stereocenters. The van der Waals surface area contributed by atoms with Gasteiger partial charge >= 0.3 is 0 Å². The van der Waals surface area contributed by atoms with Gasteiger partial charge in [0, 0.05) is 18.7 Å². The monoisotopic (exact) mass is 251 g/mol. The van der Waals surface area contributed by atoms with Crippen LogP contribution in [0.5, 0.6) is 0 Å². The second-order valence-electron chi connectivity index (χ2n) is 4.60. The van der Waals surface area contributed by atoms with Gasteiger partial charge in [-0.15, -0.1) is 0 Å². The Morgan fingerprint density at radius 3 is 2.72 bits per heavy atom. The van der Waals surface area contributed by atoms with Crippen LogP contribution in [0.25, 0.3) is 0 Å². The third-order valence-corrected chi connectivity index (χ3v) is 2.98. The molecule has 0 aliphatic heterocycles. The molecule has 0 heterocycles. The second kappa shape index (κ2) is 6.37. The summed E-state index contributed by atoms with van der Waals surface area (Å²) in [4.78, 5) is 0. The number of oxime groups is 1. The molecular formula is C13H21N3O2. The maximum atomic E-state index is 9.87. The van der Waals surface area contributed by atoms with Crippen molar-refractivity contribution in [3.8, 4) is 0 Å². The fourth-order valence-electron chi connectivity index (χ4n) is 1.57. The van der Waals surface area contributed by atoms with Crippen LogP contribution in [0.2, 0.25) is 0 Å². The van der Waals surface area contributed by atoms with Crippen molar-refractivity contribution in [3.63, 3.8) is 0 Å². The fourth-order valence-corrected chi connectivity index (χ4v) is 1.57. The normalized spacial score (nSPS) is 15.4. The van der Waals surface area contributed by atoms with Gasteiger partial charge in [0.2, 0.25) is 0 Å². The van der Waals surface area contributed by atoms with E-state index in [4.69, 9.17) is 10.9 Å². The van der Waals surface area contributed by atoms with Crippen molar-refractivity contribution in [2.75, 3.05) is 6.54 Å². The van der Waals surface area contributed by atoms with Gasteiger partial charge in [-0.1, -0.05) is 36.3 Å². The molecule has 5 N–H and O–H groups in total. The first-order chi connectivity index (χ1) is 8.50. The summed E-state index contributed by atoms with van der Waals surface area (Å²) in [6, 6.07) is 7.42. The molecule has 0 amide bonds. The Morgan fingerprint density at radius 1 is 1.44 bits per heavy atom. The van der Waals surface area contributed by atoms with Crippen molar-refractivity contribution in [3.05, 3.63) is 35.4 Å². The number of benzene rings is 1. The maximum Gasteiger partial charge on any atom is 0.170 e. The van der Waals surface area contributed by atoms with Crippen LogP contribution in [0.4, 0.5) is 0 Å². The first-order valence-corrected chi connectivity index (χ1v) is 5.99. The largest absolute Gasteiger partial charge is 0.409 e. The first-order valence-electron chi connectivity index (χ1n) is 5.99. The van der Waals surface area contributed by atoms with E-state index in [2.05, 4.69) is 10.5 Å². The van der Waals surface area contributed by atoms with E-state index in [1.807, 2.05) is 25.1 Å². The van der Waals surface area contributed by atoms with Gasteiger partial charge in [0.25, 0.3) is 0 Å². The van der Waals surface area contributed by atoms with Crippen LogP contribution in [0.3, 0.4) is 0 Å². The summed E-state index contributed by atoms with van der Waals surface area (Å²) in [5, 5.41) is 24.8. The molecule has 0 saturated carbocycles. The minimum absolute atomic E-state index is 0.0923. The fraction of sp³-hybridized carbons (Fsp3) is 0.462. The predicted molar refractivity (Wildman–Crippen MR) is 71.6 cm³/mol. The average Bonchev–Trinajstić information content (AvgIpc) is 2.38. The molecular weight excluding hydrogens is 230 g/mol. The van der Waals surface area contributed by atoms with Gasteiger partial charge < -0.3 is 21.4 Å². The third kappa shape index (κ3) is 4.01. The minimum Gasteiger partial charge on any atom is -0.409 e. The van der Waals surface area contributed by atoms with E-state index in [0.29, 0.717) is 25.1 Å². The Kier molecular flexibility index (Phi) is 5.12. The third-order valence-electron chi connectivity index (χ3n) is 2.98. The Morgan fingerprint density at radius 2 is 2.11 bits per heavy atom. The predicted octanol–water partition coefficient (Wildman–Crippen LogP) is 1.03. The van der Waals surface area contributed by atoms with Crippen LogP contribution in [-0.4, -0.2) is 28.3 Å². The van der Waals surface area contributed by atoms with Crippen molar-refractivity contribution >= 4 is 5.84 Å². The van der Waals surface area contributed by atoms with Gasteiger partial charge in [-0.05, 0) is 18.9 Å². The lowest BCUT2D eigenvalue weighted by Gasteiger charge is -2.22. The smallest absolute Gasteiger partial charge is 0.170 e. The van der Waals surface area contributed by atoms with E-state index < -0.39 is 5.60 Å². The molecule has 0 aliphatic rings. The van der Waals surface area contributed by atoms with Crippen LogP contribution in [-0.2, 0) is 6.54 Å². The van der Waals surface area contributed by atoms with Gasteiger partial charge in [-0.2, -0.15) is 0 Å². The summed E-state index contributed by atoms with van der Waals surface area (Å²) in [6.45, 7) is 4.78. The van der Waals surface area contributed by atoms with E-state index in [1.54, 1.807) is 13.0 Å². The summed E-state index contributed by atoms with van der Waals surface area (Å²) in [7, 11) is 0. The van der Waals surface area contributed by atoms with Crippen molar-refractivity contribution < 1.29 is 10.3 Å². The maximum absolute atomic E-state index is 9.87. The number of amidine groups is 1. The Hall–Kier alpha value is -1.59. The highest BCUT2D eigenvalue weighted by molar-refractivity contribution is 5.98. The lowest BCUT2D eigenvalue weighted by Crippen LogP contribution is -2.37. The molecule has 0 spiro atoms. The highest BCUT2D eigenvalue weighted by Gasteiger charge is 2.16. The van der Waals surface area contributed by atoms with E-state index in [0.717, 1.165) is 5.56 Å².